The van der Waals surface area contributed by atoms with Crippen molar-refractivity contribution in [1.29, 1.82) is 0 Å². The van der Waals surface area contributed by atoms with Gasteiger partial charge in [-0.15, -0.1) is 0 Å². The third-order valence-corrected chi connectivity index (χ3v) is 3.73. The van der Waals surface area contributed by atoms with Crippen LogP contribution in [0.1, 0.15) is 5.56 Å². The molecule has 20 heavy (non-hydrogen) atoms. The molecule has 0 spiro atoms. The maximum Gasteiger partial charge on any atom is 0.227 e. The molecule has 0 bridgehead atoms. The second-order valence-corrected chi connectivity index (χ2v) is 5.47. The number of nitrogens with zero attached hydrogens (tertiary/aromatic N) is 1. The highest BCUT2D eigenvalue weighted by Crippen LogP contribution is 2.33. The Morgan fingerprint density at radius 1 is 1.05 bits per heavy atom. The van der Waals surface area contributed by atoms with Crippen LogP contribution in [0.15, 0.2) is 34.7 Å². The van der Waals surface area contributed by atoms with E-state index in [9.17, 15) is 0 Å². The monoisotopic (exact) mass is 327 g/mol. The van der Waals surface area contributed by atoms with Crippen LogP contribution in [-0.4, -0.2) is 10.1 Å². The van der Waals surface area contributed by atoms with Crippen LogP contribution in [0, 0.1) is 0 Å². The summed E-state index contributed by atoms with van der Waals surface area (Å²) < 4.78 is 5.65. The van der Waals surface area contributed by atoms with E-state index >= 15 is 0 Å². The first kappa shape index (κ1) is 13.7. The van der Waals surface area contributed by atoms with Gasteiger partial charge in [-0.3, -0.25) is 0 Å². The van der Waals surface area contributed by atoms with E-state index in [0.717, 1.165) is 0 Å². The van der Waals surface area contributed by atoms with E-state index in [2.05, 4.69) is 4.98 Å². The molecule has 0 saturated heterocycles. The van der Waals surface area contributed by atoms with E-state index in [0.29, 0.717) is 43.2 Å². The van der Waals surface area contributed by atoms with Crippen molar-refractivity contribution in [2.24, 2.45) is 0 Å². The number of hydrogen-bond donors (Lipinski definition) is 1. The lowest BCUT2D eigenvalue weighted by Gasteiger charge is -2.01. The molecule has 0 aliphatic heterocycles. The molecule has 2 aromatic carbocycles. The Bertz CT molecular complexity index is 798. The molecule has 1 heterocycles. The number of aromatic nitrogens is 1. The molecule has 0 amide bonds. The number of hydrogen-bond acceptors (Lipinski definition) is 3. The van der Waals surface area contributed by atoms with E-state index in [-0.39, 0.29) is 6.61 Å². The summed E-state index contributed by atoms with van der Waals surface area (Å²) in [7, 11) is 0. The topological polar surface area (TPSA) is 46.3 Å². The summed E-state index contributed by atoms with van der Waals surface area (Å²) >= 11 is 18.1. The van der Waals surface area contributed by atoms with Gasteiger partial charge in [-0.05, 0) is 29.8 Å². The predicted octanol–water partition coefficient (Wildman–Crippen LogP) is 4.95. The van der Waals surface area contributed by atoms with Gasteiger partial charge in [-0.2, -0.15) is 0 Å². The van der Waals surface area contributed by atoms with Gasteiger partial charge in [0.2, 0.25) is 5.89 Å². The minimum absolute atomic E-state index is 0.117. The molecule has 6 heteroatoms. The maximum absolute atomic E-state index is 9.11. The molecule has 0 aliphatic carbocycles. The summed E-state index contributed by atoms with van der Waals surface area (Å²) in [6.45, 7) is -0.117. The minimum Gasteiger partial charge on any atom is -0.435 e. The molecule has 102 valence electrons. The van der Waals surface area contributed by atoms with Crippen LogP contribution in [0.5, 0.6) is 0 Å². The number of rotatable bonds is 2. The molecule has 3 rings (SSSR count). The first-order valence-electron chi connectivity index (χ1n) is 5.73. The number of halogens is 3. The average Bonchev–Trinajstić information content (AvgIpc) is 2.82. The molecule has 3 nitrogen and oxygen atoms in total. The third kappa shape index (κ3) is 2.38. The summed E-state index contributed by atoms with van der Waals surface area (Å²) in [4.78, 5) is 4.34. The third-order valence-electron chi connectivity index (χ3n) is 2.88. The summed E-state index contributed by atoms with van der Waals surface area (Å²) in [5.41, 5.74) is 2.41. The minimum atomic E-state index is -0.117. The van der Waals surface area contributed by atoms with Gasteiger partial charge in [0, 0.05) is 15.6 Å². The predicted molar refractivity (Wildman–Crippen MR) is 80.4 cm³/mol. The fourth-order valence-corrected chi connectivity index (χ4v) is 2.65. The smallest absolute Gasteiger partial charge is 0.227 e. The molecule has 0 atom stereocenters. The van der Waals surface area contributed by atoms with Gasteiger partial charge >= 0.3 is 0 Å². The van der Waals surface area contributed by atoms with Crippen molar-refractivity contribution in [3.05, 3.63) is 51.0 Å². The lowest BCUT2D eigenvalue weighted by molar-refractivity contribution is 0.282. The normalized spacial score (nSPS) is 11.2. The fraction of sp³-hybridized carbons (Fsp3) is 0.0714. The summed E-state index contributed by atoms with van der Waals surface area (Å²) in [5.74, 6) is 0.399. The summed E-state index contributed by atoms with van der Waals surface area (Å²) in [6, 6.07) is 8.47. The lowest BCUT2D eigenvalue weighted by Crippen LogP contribution is -1.86. The van der Waals surface area contributed by atoms with Crippen LogP contribution in [0.4, 0.5) is 0 Å². The highest BCUT2D eigenvalue weighted by molar-refractivity contribution is 6.38. The van der Waals surface area contributed by atoms with Gasteiger partial charge in [-0.1, -0.05) is 40.9 Å². The highest BCUT2D eigenvalue weighted by atomic mass is 35.5. The second kappa shape index (κ2) is 5.26. The zero-order valence-corrected chi connectivity index (χ0v) is 12.3. The van der Waals surface area contributed by atoms with Crippen molar-refractivity contribution in [3.8, 4) is 11.5 Å². The van der Waals surface area contributed by atoms with E-state index in [4.69, 9.17) is 44.3 Å². The standard InChI is InChI=1S/C14H8Cl3NO2/c15-9-4-11(17)13-12(5-9)18-14(20-13)7-1-2-8(6-19)10(16)3-7/h1-5,19H,6H2. The van der Waals surface area contributed by atoms with Crippen molar-refractivity contribution < 1.29 is 9.52 Å². The highest BCUT2D eigenvalue weighted by Gasteiger charge is 2.13. The van der Waals surface area contributed by atoms with E-state index in [1.165, 1.54) is 0 Å². The van der Waals surface area contributed by atoms with Gasteiger partial charge in [0.15, 0.2) is 5.58 Å². The van der Waals surface area contributed by atoms with Crippen LogP contribution in [0.25, 0.3) is 22.6 Å². The largest absolute Gasteiger partial charge is 0.435 e. The fourth-order valence-electron chi connectivity index (χ4n) is 1.89. The quantitative estimate of drug-likeness (QED) is 0.724. The molecule has 3 aromatic rings. The van der Waals surface area contributed by atoms with E-state index in [1.807, 2.05) is 0 Å². The molecular formula is C14H8Cl3NO2. The molecule has 0 unspecified atom stereocenters. The number of benzene rings is 2. The first-order valence-corrected chi connectivity index (χ1v) is 6.87. The van der Waals surface area contributed by atoms with Crippen molar-refractivity contribution in [2.45, 2.75) is 6.61 Å². The Balaban J connectivity index is 2.15. The van der Waals surface area contributed by atoms with E-state index in [1.54, 1.807) is 30.3 Å². The van der Waals surface area contributed by atoms with E-state index < -0.39 is 0 Å². The van der Waals surface area contributed by atoms with Crippen molar-refractivity contribution >= 4 is 45.9 Å². The van der Waals surface area contributed by atoms with Gasteiger partial charge in [0.05, 0.1) is 11.6 Å². The van der Waals surface area contributed by atoms with Crippen molar-refractivity contribution in [3.63, 3.8) is 0 Å². The van der Waals surface area contributed by atoms with Crippen molar-refractivity contribution in [2.75, 3.05) is 0 Å². The Kier molecular flexibility index (Phi) is 3.61. The molecule has 0 aliphatic rings. The number of aliphatic hydroxyl groups is 1. The second-order valence-electron chi connectivity index (χ2n) is 4.22. The zero-order chi connectivity index (χ0) is 14.3. The molecule has 1 aromatic heterocycles. The van der Waals surface area contributed by atoms with Crippen LogP contribution < -0.4 is 0 Å². The molecule has 0 saturated carbocycles. The van der Waals surface area contributed by atoms with Gasteiger partial charge in [-0.25, -0.2) is 4.98 Å². The number of fused-ring (bicyclic) bond motifs is 1. The van der Waals surface area contributed by atoms with Gasteiger partial charge in [0.1, 0.15) is 5.52 Å². The number of aliphatic hydroxyl groups excluding tert-OH is 1. The van der Waals surface area contributed by atoms with Crippen LogP contribution in [0.2, 0.25) is 15.1 Å². The number of oxazole rings is 1. The Labute approximate surface area is 129 Å². The Hall–Kier alpha value is -1.26. The molecule has 0 fully saturated rings. The summed E-state index contributed by atoms with van der Waals surface area (Å²) in [6.07, 6.45) is 0. The lowest BCUT2D eigenvalue weighted by atomic mass is 10.1. The first-order chi connectivity index (χ1) is 9.58. The molecular weight excluding hydrogens is 321 g/mol. The molecule has 0 radical (unpaired) electrons. The van der Waals surface area contributed by atoms with Crippen LogP contribution >= 0.6 is 34.8 Å². The average molecular weight is 329 g/mol. The molecule has 1 N–H and O–H groups in total. The Morgan fingerprint density at radius 3 is 2.55 bits per heavy atom. The van der Waals surface area contributed by atoms with Crippen molar-refractivity contribution in [1.82, 2.24) is 4.98 Å². The maximum atomic E-state index is 9.11. The summed E-state index contributed by atoms with van der Waals surface area (Å²) in [5, 5.41) is 10.5. The van der Waals surface area contributed by atoms with Gasteiger partial charge < -0.3 is 9.52 Å². The van der Waals surface area contributed by atoms with Crippen LogP contribution in [-0.2, 0) is 6.61 Å². The Morgan fingerprint density at radius 2 is 1.85 bits per heavy atom. The zero-order valence-electron chi connectivity index (χ0n) is 10.0. The SMILES string of the molecule is OCc1ccc(-c2nc3cc(Cl)cc(Cl)c3o2)cc1Cl. The van der Waals surface area contributed by atoms with Crippen LogP contribution in [0.3, 0.4) is 0 Å². The van der Waals surface area contributed by atoms with Gasteiger partial charge in [0.25, 0.3) is 0 Å².